The molecule has 1 fully saturated rings. The Bertz CT molecular complexity index is 526. The summed E-state index contributed by atoms with van der Waals surface area (Å²) in [5.74, 6) is 0. The third-order valence-electron chi connectivity index (χ3n) is 3.19. The van der Waals surface area contributed by atoms with Crippen LogP contribution in [0.3, 0.4) is 0 Å². The minimum absolute atomic E-state index is 0.766. The van der Waals surface area contributed by atoms with Crippen LogP contribution >= 0.6 is 15.9 Å². The molecule has 1 aromatic carbocycles. The highest BCUT2D eigenvalue weighted by Gasteiger charge is 2.20. The molecule has 0 aliphatic heterocycles. The standard InChI is InChI=1S/C13H15BrN2/c1-16-8-9(7-15-10-5-6-10)11-3-2-4-12(14)13(11)16/h2-4,8,10,15H,5-7H2,1H3. The van der Waals surface area contributed by atoms with Gasteiger partial charge in [0.2, 0.25) is 0 Å². The number of benzene rings is 1. The summed E-state index contributed by atoms with van der Waals surface area (Å²) in [6.45, 7) is 0.985. The maximum atomic E-state index is 3.61. The predicted molar refractivity (Wildman–Crippen MR) is 70.5 cm³/mol. The Labute approximate surface area is 104 Å². The van der Waals surface area contributed by atoms with Crippen LogP contribution in [0.2, 0.25) is 0 Å². The number of halogens is 1. The van der Waals surface area contributed by atoms with Crippen molar-refractivity contribution < 1.29 is 0 Å². The largest absolute Gasteiger partial charge is 0.349 e. The van der Waals surface area contributed by atoms with Crippen molar-refractivity contribution in [2.24, 2.45) is 7.05 Å². The molecule has 3 rings (SSSR count). The van der Waals surface area contributed by atoms with Gasteiger partial charge in [0.25, 0.3) is 0 Å². The molecule has 84 valence electrons. The van der Waals surface area contributed by atoms with Crippen LogP contribution in [0, 0.1) is 0 Å². The van der Waals surface area contributed by atoms with Gasteiger partial charge in [-0.2, -0.15) is 0 Å². The molecule has 0 unspecified atom stereocenters. The monoisotopic (exact) mass is 278 g/mol. The maximum Gasteiger partial charge on any atom is 0.0625 e. The zero-order valence-electron chi connectivity index (χ0n) is 9.33. The van der Waals surface area contributed by atoms with Gasteiger partial charge in [0.1, 0.15) is 0 Å². The molecule has 1 aliphatic rings. The Morgan fingerprint density at radius 3 is 3.00 bits per heavy atom. The molecule has 0 saturated heterocycles. The second-order valence-corrected chi connectivity index (χ2v) is 5.41. The van der Waals surface area contributed by atoms with Crippen LogP contribution in [-0.2, 0) is 13.6 Å². The topological polar surface area (TPSA) is 17.0 Å². The summed E-state index contributed by atoms with van der Waals surface area (Å²) in [5.41, 5.74) is 2.68. The highest BCUT2D eigenvalue weighted by Crippen LogP contribution is 2.28. The van der Waals surface area contributed by atoms with Crippen LogP contribution < -0.4 is 5.32 Å². The first-order chi connectivity index (χ1) is 7.75. The van der Waals surface area contributed by atoms with Gasteiger partial charge in [-0.3, -0.25) is 0 Å². The number of hydrogen-bond donors (Lipinski definition) is 1. The van der Waals surface area contributed by atoms with Gasteiger partial charge < -0.3 is 9.88 Å². The van der Waals surface area contributed by atoms with Crippen molar-refractivity contribution in [2.75, 3.05) is 0 Å². The van der Waals surface area contributed by atoms with Gasteiger partial charge in [-0.15, -0.1) is 0 Å². The molecule has 16 heavy (non-hydrogen) atoms. The Hall–Kier alpha value is -0.800. The fourth-order valence-electron chi connectivity index (χ4n) is 2.18. The molecule has 1 aliphatic carbocycles. The maximum absolute atomic E-state index is 3.61. The lowest BCUT2D eigenvalue weighted by Crippen LogP contribution is -2.14. The van der Waals surface area contributed by atoms with Crippen molar-refractivity contribution in [3.05, 3.63) is 34.4 Å². The molecule has 0 bridgehead atoms. The Morgan fingerprint density at radius 1 is 1.44 bits per heavy atom. The van der Waals surface area contributed by atoms with E-state index in [1.165, 1.54) is 33.8 Å². The lowest BCUT2D eigenvalue weighted by Gasteiger charge is -2.01. The molecule has 1 N–H and O–H groups in total. The van der Waals surface area contributed by atoms with Crippen LogP contribution in [0.5, 0.6) is 0 Å². The molecular weight excluding hydrogens is 264 g/mol. The first kappa shape index (κ1) is 10.4. The average molecular weight is 279 g/mol. The lowest BCUT2D eigenvalue weighted by molar-refractivity contribution is 0.689. The molecule has 3 heteroatoms. The van der Waals surface area contributed by atoms with Crippen LogP contribution in [0.1, 0.15) is 18.4 Å². The second-order valence-electron chi connectivity index (χ2n) is 4.56. The summed E-state index contributed by atoms with van der Waals surface area (Å²) >= 11 is 3.61. The van der Waals surface area contributed by atoms with Crippen LogP contribution in [-0.4, -0.2) is 10.6 Å². The molecular formula is C13H15BrN2. The quantitative estimate of drug-likeness (QED) is 0.913. The molecule has 2 aromatic rings. The molecule has 0 atom stereocenters. The molecule has 0 radical (unpaired) electrons. The molecule has 1 aromatic heterocycles. The first-order valence-electron chi connectivity index (χ1n) is 5.71. The Balaban J connectivity index is 2.00. The number of nitrogens with one attached hydrogen (secondary N) is 1. The molecule has 2 nitrogen and oxygen atoms in total. The van der Waals surface area contributed by atoms with Crippen LogP contribution in [0.15, 0.2) is 28.9 Å². The lowest BCUT2D eigenvalue weighted by atomic mass is 10.2. The Morgan fingerprint density at radius 2 is 2.25 bits per heavy atom. The van der Waals surface area contributed by atoms with Crippen LogP contribution in [0.25, 0.3) is 10.9 Å². The van der Waals surface area contributed by atoms with Crippen molar-refractivity contribution in [1.29, 1.82) is 0 Å². The minimum Gasteiger partial charge on any atom is -0.349 e. The van der Waals surface area contributed by atoms with Gasteiger partial charge in [-0.25, -0.2) is 0 Å². The van der Waals surface area contributed by atoms with Crippen LogP contribution in [0.4, 0.5) is 0 Å². The third-order valence-corrected chi connectivity index (χ3v) is 3.83. The smallest absolute Gasteiger partial charge is 0.0625 e. The second kappa shape index (κ2) is 3.90. The van der Waals surface area contributed by atoms with E-state index in [1.54, 1.807) is 0 Å². The van der Waals surface area contributed by atoms with Gasteiger partial charge in [0, 0.05) is 35.7 Å². The summed E-state index contributed by atoms with van der Waals surface area (Å²) in [4.78, 5) is 0. The minimum atomic E-state index is 0.766. The van der Waals surface area contributed by atoms with Gasteiger partial charge in [0.05, 0.1) is 5.52 Å². The fraction of sp³-hybridized carbons (Fsp3) is 0.385. The molecule has 1 saturated carbocycles. The number of nitrogens with zero attached hydrogens (tertiary/aromatic N) is 1. The van der Waals surface area contributed by atoms with E-state index in [-0.39, 0.29) is 0 Å². The Kier molecular flexibility index (Phi) is 2.52. The van der Waals surface area contributed by atoms with Gasteiger partial charge >= 0.3 is 0 Å². The van der Waals surface area contributed by atoms with Gasteiger partial charge in [-0.1, -0.05) is 12.1 Å². The van der Waals surface area contributed by atoms with Gasteiger partial charge in [-0.05, 0) is 40.4 Å². The number of aromatic nitrogens is 1. The zero-order valence-corrected chi connectivity index (χ0v) is 10.9. The SMILES string of the molecule is Cn1cc(CNC2CC2)c2cccc(Br)c21. The van der Waals surface area contributed by atoms with Crippen molar-refractivity contribution >= 4 is 26.8 Å². The average Bonchev–Trinajstić information content (AvgIpc) is 3.02. The van der Waals surface area contributed by atoms with Crippen molar-refractivity contribution in [3.63, 3.8) is 0 Å². The van der Waals surface area contributed by atoms with E-state index >= 15 is 0 Å². The number of aryl methyl sites for hydroxylation is 1. The molecule has 0 spiro atoms. The molecule has 0 amide bonds. The summed E-state index contributed by atoms with van der Waals surface area (Å²) in [6, 6.07) is 7.17. The number of fused-ring (bicyclic) bond motifs is 1. The number of rotatable bonds is 3. The van der Waals surface area contributed by atoms with E-state index in [0.29, 0.717) is 0 Å². The normalized spacial score (nSPS) is 15.9. The van der Waals surface area contributed by atoms with E-state index in [4.69, 9.17) is 0 Å². The first-order valence-corrected chi connectivity index (χ1v) is 6.51. The summed E-state index contributed by atoms with van der Waals surface area (Å²) in [5, 5.41) is 4.92. The van der Waals surface area contributed by atoms with Crippen molar-refractivity contribution in [3.8, 4) is 0 Å². The molecule has 1 heterocycles. The fourth-order valence-corrected chi connectivity index (χ4v) is 2.83. The summed E-state index contributed by atoms with van der Waals surface area (Å²) in [6.07, 6.45) is 4.91. The highest BCUT2D eigenvalue weighted by atomic mass is 79.9. The highest BCUT2D eigenvalue weighted by molar-refractivity contribution is 9.10. The van der Waals surface area contributed by atoms with Crippen molar-refractivity contribution in [1.82, 2.24) is 9.88 Å². The third kappa shape index (κ3) is 1.78. The summed E-state index contributed by atoms with van der Waals surface area (Å²) < 4.78 is 3.37. The summed E-state index contributed by atoms with van der Waals surface area (Å²) in [7, 11) is 2.10. The van der Waals surface area contributed by atoms with E-state index in [9.17, 15) is 0 Å². The predicted octanol–water partition coefficient (Wildman–Crippen LogP) is 3.19. The number of hydrogen-bond acceptors (Lipinski definition) is 1. The van der Waals surface area contributed by atoms with E-state index in [1.807, 2.05) is 0 Å². The van der Waals surface area contributed by atoms with Gasteiger partial charge in [0.15, 0.2) is 0 Å². The van der Waals surface area contributed by atoms with E-state index < -0.39 is 0 Å². The van der Waals surface area contributed by atoms with Crippen molar-refractivity contribution in [2.45, 2.75) is 25.4 Å². The van der Waals surface area contributed by atoms with E-state index in [2.05, 4.69) is 57.3 Å². The van der Waals surface area contributed by atoms with E-state index in [0.717, 1.165) is 12.6 Å². The number of para-hydroxylation sites is 1. The zero-order chi connectivity index (χ0) is 11.1.